The number of aromatic nitrogens is 2. The van der Waals surface area contributed by atoms with Crippen LogP contribution in [-0.2, 0) is 6.54 Å². The van der Waals surface area contributed by atoms with Crippen LogP contribution in [0, 0.1) is 0 Å². The predicted molar refractivity (Wildman–Crippen MR) is 76.2 cm³/mol. The number of anilines is 1. The fraction of sp³-hybridized carbons (Fsp3) is 0.714. The molecule has 1 aliphatic heterocycles. The number of likely N-dealkylation sites (N-methyl/N-ethyl adjacent to an activating group) is 1. The Morgan fingerprint density at radius 2 is 2.00 bits per heavy atom. The number of rotatable bonds is 5. The second-order valence-corrected chi connectivity index (χ2v) is 5.45. The van der Waals surface area contributed by atoms with Crippen LogP contribution in [0.25, 0.3) is 0 Å². The minimum absolute atomic E-state index is 0.721. The molecule has 1 aromatic rings. The molecular weight excluding hydrogens is 238 g/mol. The van der Waals surface area contributed by atoms with E-state index in [2.05, 4.69) is 27.0 Å². The van der Waals surface area contributed by atoms with E-state index >= 15 is 0 Å². The van der Waals surface area contributed by atoms with E-state index in [1.807, 2.05) is 12.4 Å². The lowest BCUT2D eigenvalue weighted by Gasteiger charge is -2.34. The van der Waals surface area contributed by atoms with E-state index in [4.69, 9.17) is 4.98 Å². The number of hydrogen-bond acceptors (Lipinski definition) is 5. The van der Waals surface area contributed by atoms with Gasteiger partial charge in [0.2, 0.25) is 0 Å². The molecule has 1 saturated carbocycles. The summed E-state index contributed by atoms with van der Waals surface area (Å²) in [5.41, 5.74) is 1.06. The van der Waals surface area contributed by atoms with Crippen LogP contribution in [0.3, 0.4) is 0 Å². The summed E-state index contributed by atoms with van der Waals surface area (Å²) in [6.45, 7) is 8.58. The maximum absolute atomic E-state index is 4.73. The number of piperazine rings is 1. The largest absolute Gasteiger partial charge is 0.353 e. The molecule has 1 saturated heterocycles. The average Bonchev–Trinajstić information content (AvgIpc) is 3.30. The third-order valence-electron chi connectivity index (χ3n) is 3.96. The Kier molecular flexibility index (Phi) is 3.94. The van der Waals surface area contributed by atoms with Crippen LogP contribution in [0.2, 0.25) is 0 Å². The molecule has 2 heterocycles. The average molecular weight is 261 g/mol. The van der Waals surface area contributed by atoms with Gasteiger partial charge >= 0.3 is 0 Å². The molecule has 0 aromatic carbocycles. The van der Waals surface area contributed by atoms with E-state index in [0.717, 1.165) is 56.8 Å². The minimum Gasteiger partial charge on any atom is -0.353 e. The lowest BCUT2D eigenvalue weighted by atomic mass is 10.3. The number of nitrogens with one attached hydrogen (secondary N) is 1. The SMILES string of the molecule is CCN1CCN(c2cncc(CNC3CC3)n2)CC1. The van der Waals surface area contributed by atoms with Crippen LogP contribution in [0.4, 0.5) is 5.82 Å². The van der Waals surface area contributed by atoms with Gasteiger partial charge < -0.3 is 15.1 Å². The van der Waals surface area contributed by atoms with Crippen molar-refractivity contribution in [1.29, 1.82) is 0 Å². The first-order chi connectivity index (χ1) is 9.35. The summed E-state index contributed by atoms with van der Waals surface area (Å²) < 4.78 is 0. The fourth-order valence-electron chi connectivity index (χ4n) is 2.46. The maximum atomic E-state index is 4.73. The first-order valence-corrected chi connectivity index (χ1v) is 7.37. The first-order valence-electron chi connectivity index (χ1n) is 7.37. The van der Waals surface area contributed by atoms with Gasteiger partial charge in [0.1, 0.15) is 5.82 Å². The van der Waals surface area contributed by atoms with Crippen molar-refractivity contribution < 1.29 is 0 Å². The van der Waals surface area contributed by atoms with Crippen molar-refractivity contribution in [3.05, 3.63) is 18.1 Å². The number of nitrogens with zero attached hydrogens (tertiary/aromatic N) is 4. The van der Waals surface area contributed by atoms with Gasteiger partial charge in [-0.25, -0.2) is 4.98 Å². The van der Waals surface area contributed by atoms with Gasteiger partial charge in [-0.3, -0.25) is 4.98 Å². The zero-order chi connectivity index (χ0) is 13.1. The smallest absolute Gasteiger partial charge is 0.147 e. The van der Waals surface area contributed by atoms with Gasteiger partial charge in [0, 0.05) is 45.0 Å². The topological polar surface area (TPSA) is 44.3 Å². The van der Waals surface area contributed by atoms with Crippen molar-refractivity contribution in [2.24, 2.45) is 0 Å². The summed E-state index contributed by atoms with van der Waals surface area (Å²) in [5.74, 6) is 1.03. The molecule has 1 N–H and O–H groups in total. The van der Waals surface area contributed by atoms with Gasteiger partial charge in [-0.15, -0.1) is 0 Å². The van der Waals surface area contributed by atoms with E-state index in [1.165, 1.54) is 12.8 Å². The van der Waals surface area contributed by atoms with Crippen LogP contribution in [-0.4, -0.2) is 53.6 Å². The van der Waals surface area contributed by atoms with Gasteiger partial charge in [-0.1, -0.05) is 6.92 Å². The van der Waals surface area contributed by atoms with Crippen LogP contribution < -0.4 is 10.2 Å². The maximum Gasteiger partial charge on any atom is 0.147 e. The lowest BCUT2D eigenvalue weighted by Crippen LogP contribution is -2.46. The van der Waals surface area contributed by atoms with Crippen molar-refractivity contribution >= 4 is 5.82 Å². The van der Waals surface area contributed by atoms with Gasteiger partial charge in [-0.2, -0.15) is 0 Å². The molecular formula is C14H23N5. The Hall–Kier alpha value is -1.20. The normalized spacial score (nSPS) is 20.8. The highest BCUT2D eigenvalue weighted by Crippen LogP contribution is 2.19. The quantitative estimate of drug-likeness (QED) is 0.852. The molecule has 1 aliphatic carbocycles. The summed E-state index contributed by atoms with van der Waals surface area (Å²) in [4.78, 5) is 13.9. The van der Waals surface area contributed by atoms with Crippen molar-refractivity contribution in [1.82, 2.24) is 20.2 Å². The third-order valence-corrected chi connectivity index (χ3v) is 3.96. The molecule has 5 nitrogen and oxygen atoms in total. The molecule has 0 amide bonds. The van der Waals surface area contributed by atoms with Crippen LogP contribution in [0.15, 0.2) is 12.4 Å². The molecule has 5 heteroatoms. The van der Waals surface area contributed by atoms with Gasteiger partial charge in [-0.05, 0) is 19.4 Å². The standard InChI is InChI=1S/C14H23N5/c1-2-18-5-7-19(8-6-18)14-11-15-9-13(17-14)10-16-12-3-4-12/h9,11-12,16H,2-8,10H2,1H3. The molecule has 2 fully saturated rings. The Morgan fingerprint density at radius 3 is 2.68 bits per heavy atom. The first kappa shape index (κ1) is 12.8. The van der Waals surface area contributed by atoms with E-state index in [1.54, 1.807) is 0 Å². The summed E-state index contributed by atoms with van der Waals surface area (Å²) in [6.07, 6.45) is 6.39. The molecule has 0 atom stereocenters. The second kappa shape index (κ2) is 5.84. The third kappa shape index (κ3) is 3.42. The van der Waals surface area contributed by atoms with Crippen molar-refractivity contribution in [3.63, 3.8) is 0 Å². The predicted octanol–water partition coefficient (Wildman–Crippen LogP) is 0.870. The highest BCUT2D eigenvalue weighted by Gasteiger charge is 2.21. The zero-order valence-electron chi connectivity index (χ0n) is 11.7. The summed E-state index contributed by atoms with van der Waals surface area (Å²) in [5, 5.41) is 3.49. The molecule has 0 unspecified atom stereocenters. The molecule has 0 bridgehead atoms. The molecule has 1 aromatic heterocycles. The molecule has 19 heavy (non-hydrogen) atoms. The monoisotopic (exact) mass is 261 g/mol. The molecule has 104 valence electrons. The van der Waals surface area contributed by atoms with Crippen molar-refractivity contribution in [2.75, 3.05) is 37.6 Å². The summed E-state index contributed by atoms with van der Waals surface area (Å²) in [7, 11) is 0. The molecule has 0 radical (unpaired) electrons. The Morgan fingerprint density at radius 1 is 1.21 bits per heavy atom. The van der Waals surface area contributed by atoms with E-state index in [0.29, 0.717) is 0 Å². The van der Waals surface area contributed by atoms with Gasteiger partial charge in [0.25, 0.3) is 0 Å². The van der Waals surface area contributed by atoms with Crippen molar-refractivity contribution in [3.8, 4) is 0 Å². The molecule has 0 spiro atoms. The summed E-state index contributed by atoms with van der Waals surface area (Å²) >= 11 is 0. The lowest BCUT2D eigenvalue weighted by molar-refractivity contribution is 0.270. The van der Waals surface area contributed by atoms with Crippen LogP contribution in [0.5, 0.6) is 0 Å². The highest BCUT2D eigenvalue weighted by molar-refractivity contribution is 5.37. The second-order valence-electron chi connectivity index (χ2n) is 5.45. The highest BCUT2D eigenvalue weighted by atomic mass is 15.3. The zero-order valence-corrected chi connectivity index (χ0v) is 11.7. The van der Waals surface area contributed by atoms with Crippen LogP contribution >= 0.6 is 0 Å². The van der Waals surface area contributed by atoms with Gasteiger partial charge in [0.05, 0.1) is 11.9 Å². The minimum atomic E-state index is 0.721. The van der Waals surface area contributed by atoms with Crippen molar-refractivity contribution in [2.45, 2.75) is 32.4 Å². The Balaban J connectivity index is 1.58. The van der Waals surface area contributed by atoms with Gasteiger partial charge in [0.15, 0.2) is 0 Å². The van der Waals surface area contributed by atoms with E-state index in [-0.39, 0.29) is 0 Å². The van der Waals surface area contributed by atoms with E-state index in [9.17, 15) is 0 Å². The molecule has 2 aliphatic rings. The van der Waals surface area contributed by atoms with Crippen LogP contribution in [0.1, 0.15) is 25.5 Å². The summed E-state index contributed by atoms with van der Waals surface area (Å²) in [6, 6.07) is 0.721. The number of hydrogen-bond donors (Lipinski definition) is 1. The Bertz CT molecular complexity index is 410. The Labute approximate surface area is 115 Å². The molecule has 3 rings (SSSR count). The fourth-order valence-corrected chi connectivity index (χ4v) is 2.46. The van der Waals surface area contributed by atoms with E-state index < -0.39 is 0 Å².